The van der Waals surface area contributed by atoms with E-state index in [0.29, 0.717) is 12.8 Å². The molecule has 5 nitrogen and oxygen atoms in total. The van der Waals surface area contributed by atoms with Gasteiger partial charge in [0.1, 0.15) is 6.04 Å². The number of carbonyl (C=O) groups is 1. The van der Waals surface area contributed by atoms with E-state index in [9.17, 15) is 13.2 Å². The van der Waals surface area contributed by atoms with Crippen LogP contribution >= 0.6 is 0 Å². The number of nitrogens with one attached hydrogen (secondary N) is 1. The second-order valence-electron chi connectivity index (χ2n) is 8.27. The molecule has 1 atom stereocenters. The van der Waals surface area contributed by atoms with E-state index < -0.39 is 9.84 Å². The van der Waals surface area contributed by atoms with Gasteiger partial charge in [-0.15, -0.1) is 0 Å². The highest BCUT2D eigenvalue weighted by Crippen LogP contribution is 2.23. The summed E-state index contributed by atoms with van der Waals surface area (Å²) in [7, 11) is -2.93. The van der Waals surface area contributed by atoms with Gasteiger partial charge in [0.2, 0.25) is 5.91 Å². The van der Waals surface area contributed by atoms with Crippen molar-refractivity contribution in [2.45, 2.75) is 18.9 Å². The summed E-state index contributed by atoms with van der Waals surface area (Å²) in [5.41, 5.74) is 2.59. The van der Waals surface area contributed by atoms with Gasteiger partial charge < -0.3 is 9.80 Å². The number of piperazine rings is 1. The Bertz CT molecular complexity index is 884. The molecule has 2 heterocycles. The van der Waals surface area contributed by atoms with Crippen molar-refractivity contribution in [2.24, 2.45) is 5.92 Å². The molecular formula is C23H29N2O3S+. The summed E-state index contributed by atoms with van der Waals surface area (Å²) >= 11 is 0. The summed E-state index contributed by atoms with van der Waals surface area (Å²) in [5, 5.41) is 0. The number of quaternary nitrogens is 1. The van der Waals surface area contributed by atoms with Crippen molar-refractivity contribution >= 4 is 15.7 Å². The van der Waals surface area contributed by atoms with Gasteiger partial charge in [-0.25, -0.2) is 8.42 Å². The van der Waals surface area contributed by atoms with Gasteiger partial charge in [-0.2, -0.15) is 0 Å². The Morgan fingerprint density at radius 1 is 0.966 bits per heavy atom. The van der Waals surface area contributed by atoms with Crippen LogP contribution in [0.4, 0.5) is 0 Å². The van der Waals surface area contributed by atoms with Crippen LogP contribution in [0.3, 0.4) is 0 Å². The molecule has 0 saturated carbocycles. The standard InChI is InChI=1S/C23H28N2O3S/c26-22(17-19-11-16-29(27,28)18-19)24-12-14-25(15-13-24)23(20-7-3-1-4-8-20)21-9-5-2-6-10-21/h1-10,19,23H,11-18H2/p+1/t19-/m1/s1. The van der Waals surface area contributed by atoms with E-state index in [4.69, 9.17) is 0 Å². The van der Waals surface area contributed by atoms with E-state index in [0.717, 1.165) is 26.2 Å². The SMILES string of the molecule is O=C(C[C@H]1CCS(=O)(=O)C1)N1CC[NH+](C(c2ccccc2)c2ccccc2)CC1. The van der Waals surface area contributed by atoms with Gasteiger partial charge in [-0.1, -0.05) is 60.7 Å². The lowest BCUT2D eigenvalue weighted by Gasteiger charge is -2.37. The summed E-state index contributed by atoms with van der Waals surface area (Å²) in [4.78, 5) is 16.1. The maximum atomic E-state index is 12.7. The maximum absolute atomic E-state index is 12.7. The second-order valence-corrected chi connectivity index (χ2v) is 10.5. The van der Waals surface area contributed by atoms with E-state index in [2.05, 4.69) is 48.5 Å². The highest BCUT2D eigenvalue weighted by molar-refractivity contribution is 7.91. The summed E-state index contributed by atoms with van der Waals surface area (Å²) in [6.07, 6.45) is 0.999. The van der Waals surface area contributed by atoms with E-state index in [1.165, 1.54) is 16.0 Å². The highest BCUT2D eigenvalue weighted by Gasteiger charge is 2.34. The van der Waals surface area contributed by atoms with Crippen LogP contribution in [0.5, 0.6) is 0 Å². The largest absolute Gasteiger partial charge is 0.331 e. The first kappa shape index (κ1) is 20.1. The number of amides is 1. The zero-order valence-electron chi connectivity index (χ0n) is 16.7. The van der Waals surface area contributed by atoms with Crippen LogP contribution in [0.25, 0.3) is 0 Å². The summed E-state index contributed by atoms with van der Waals surface area (Å²) in [6.45, 7) is 3.24. The third kappa shape index (κ3) is 4.87. The van der Waals surface area contributed by atoms with Crippen molar-refractivity contribution < 1.29 is 18.1 Å². The minimum absolute atomic E-state index is 0.000683. The zero-order valence-corrected chi connectivity index (χ0v) is 17.5. The predicted octanol–water partition coefficient (Wildman–Crippen LogP) is 1.33. The number of nitrogens with zero attached hydrogens (tertiary/aromatic N) is 1. The van der Waals surface area contributed by atoms with Crippen LogP contribution in [0.1, 0.15) is 30.0 Å². The van der Waals surface area contributed by atoms with Crippen LogP contribution in [0.2, 0.25) is 0 Å². The average molecular weight is 414 g/mol. The molecule has 0 aromatic heterocycles. The molecule has 0 aliphatic carbocycles. The van der Waals surface area contributed by atoms with Crippen LogP contribution in [0, 0.1) is 5.92 Å². The quantitative estimate of drug-likeness (QED) is 0.805. The molecule has 2 aromatic carbocycles. The smallest absolute Gasteiger partial charge is 0.223 e. The molecule has 1 amide bonds. The Morgan fingerprint density at radius 2 is 1.52 bits per heavy atom. The molecule has 0 unspecified atom stereocenters. The minimum Gasteiger partial charge on any atom is -0.331 e. The first-order valence-corrected chi connectivity index (χ1v) is 12.3. The van der Waals surface area contributed by atoms with Gasteiger partial charge in [-0.3, -0.25) is 4.79 Å². The lowest BCUT2D eigenvalue weighted by Crippen LogP contribution is -3.15. The maximum Gasteiger partial charge on any atom is 0.223 e. The van der Waals surface area contributed by atoms with Crippen molar-refractivity contribution in [1.82, 2.24) is 4.90 Å². The Labute approximate surface area is 173 Å². The average Bonchev–Trinajstić information content (AvgIpc) is 3.08. The lowest BCUT2D eigenvalue weighted by atomic mass is 9.96. The molecule has 6 heteroatoms. The molecule has 2 aliphatic heterocycles. The Kier molecular flexibility index (Phi) is 6.01. The molecule has 4 rings (SSSR count). The topological polar surface area (TPSA) is 58.9 Å². The lowest BCUT2D eigenvalue weighted by molar-refractivity contribution is -0.929. The Hall–Kier alpha value is -2.18. The van der Waals surface area contributed by atoms with Crippen molar-refractivity contribution in [3.63, 3.8) is 0 Å². The molecule has 2 saturated heterocycles. The van der Waals surface area contributed by atoms with Crippen molar-refractivity contribution in [1.29, 1.82) is 0 Å². The van der Waals surface area contributed by atoms with E-state index in [1.807, 2.05) is 17.0 Å². The fraction of sp³-hybridized carbons (Fsp3) is 0.435. The third-order valence-corrected chi connectivity index (χ3v) is 8.06. The van der Waals surface area contributed by atoms with Crippen molar-refractivity contribution in [3.8, 4) is 0 Å². The monoisotopic (exact) mass is 413 g/mol. The van der Waals surface area contributed by atoms with Crippen LogP contribution in [0.15, 0.2) is 60.7 Å². The predicted molar refractivity (Wildman–Crippen MR) is 113 cm³/mol. The number of carbonyl (C=O) groups excluding carboxylic acids is 1. The van der Waals surface area contributed by atoms with Crippen LogP contribution < -0.4 is 4.90 Å². The second kappa shape index (κ2) is 8.67. The van der Waals surface area contributed by atoms with E-state index in [-0.39, 0.29) is 29.4 Å². The first-order chi connectivity index (χ1) is 14.0. The summed E-state index contributed by atoms with van der Waals surface area (Å²) < 4.78 is 23.3. The minimum atomic E-state index is -2.93. The molecule has 2 aromatic rings. The Morgan fingerprint density at radius 3 is 2.00 bits per heavy atom. The number of rotatable bonds is 5. The fourth-order valence-corrected chi connectivity index (χ4v) is 6.56. The molecule has 0 spiro atoms. The highest BCUT2D eigenvalue weighted by atomic mass is 32.2. The zero-order chi connectivity index (χ0) is 20.3. The summed E-state index contributed by atoms with van der Waals surface area (Å²) in [6, 6.07) is 21.4. The fourth-order valence-electron chi connectivity index (χ4n) is 4.70. The molecule has 2 fully saturated rings. The van der Waals surface area contributed by atoms with E-state index >= 15 is 0 Å². The summed E-state index contributed by atoms with van der Waals surface area (Å²) in [5.74, 6) is 0.522. The molecule has 0 radical (unpaired) electrons. The van der Waals surface area contributed by atoms with Gasteiger partial charge in [0.25, 0.3) is 0 Å². The third-order valence-electron chi connectivity index (χ3n) is 6.22. The first-order valence-electron chi connectivity index (χ1n) is 10.4. The number of hydrogen-bond donors (Lipinski definition) is 1. The number of benzene rings is 2. The molecule has 1 N–H and O–H groups in total. The van der Waals surface area contributed by atoms with Gasteiger partial charge in [0.05, 0.1) is 37.7 Å². The number of sulfone groups is 1. The van der Waals surface area contributed by atoms with Crippen LogP contribution in [-0.2, 0) is 14.6 Å². The Balaban J connectivity index is 1.41. The van der Waals surface area contributed by atoms with Gasteiger partial charge in [0, 0.05) is 17.5 Å². The molecule has 154 valence electrons. The van der Waals surface area contributed by atoms with Gasteiger partial charge in [-0.05, 0) is 12.3 Å². The van der Waals surface area contributed by atoms with Crippen molar-refractivity contribution in [2.75, 3.05) is 37.7 Å². The molecule has 29 heavy (non-hydrogen) atoms. The van der Waals surface area contributed by atoms with Crippen molar-refractivity contribution in [3.05, 3.63) is 71.8 Å². The molecular weight excluding hydrogens is 384 g/mol. The molecule has 2 aliphatic rings. The normalized spacial score (nSPS) is 22.1. The van der Waals surface area contributed by atoms with E-state index in [1.54, 1.807) is 0 Å². The van der Waals surface area contributed by atoms with Crippen LogP contribution in [-0.4, -0.2) is 56.9 Å². The number of hydrogen-bond acceptors (Lipinski definition) is 3. The van der Waals surface area contributed by atoms with Gasteiger partial charge >= 0.3 is 0 Å². The molecule has 0 bridgehead atoms. The van der Waals surface area contributed by atoms with Gasteiger partial charge in [0.15, 0.2) is 9.84 Å².